The molecule has 0 unspecified atom stereocenters. The molecule has 7 heteroatoms. The molecule has 15 heavy (non-hydrogen) atoms. The van der Waals surface area contributed by atoms with Crippen LogP contribution in [-0.2, 0) is 4.79 Å². The maximum atomic E-state index is 11.7. The van der Waals surface area contributed by atoms with Gasteiger partial charge in [-0.2, -0.15) is 13.2 Å². The molecule has 1 aliphatic heterocycles. The summed E-state index contributed by atoms with van der Waals surface area (Å²) in [6.07, 6.45) is -4.78. The number of hydrogen-bond acceptors (Lipinski definition) is 2. The van der Waals surface area contributed by atoms with E-state index in [4.69, 9.17) is 0 Å². The third-order valence-electron chi connectivity index (χ3n) is 2.01. The summed E-state index contributed by atoms with van der Waals surface area (Å²) in [5.74, 6) is -0.407. The topological polar surface area (TPSA) is 49.4 Å². The van der Waals surface area contributed by atoms with Gasteiger partial charge in [0.1, 0.15) is 6.54 Å². The van der Waals surface area contributed by atoms with E-state index in [0.29, 0.717) is 0 Å². The molecule has 3 amide bonds. The van der Waals surface area contributed by atoms with Crippen LogP contribution in [-0.4, -0.2) is 36.1 Å². The summed E-state index contributed by atoms with van der Waals surface area (Å²) < 4.78 is 35.2. The highest BCUT2D eigenvalue weighted by atomic mass is 19.4. The van der Waals surface area contributed by atoms with Gasteiger partial charge in [0.15, 0.2) is 0 Å². The second kappa shape index (κ2) is 4.50. The molecule has 1 aliphatic rings. The van der Waals surface area contributed by atoms with Gasteiger partial charge in [-0.25, -0.2) is 4.79 Å². The van der Waals surface area contributed by atoms with Crippen LogP contribution < -0.4 is 5.32 Å². The average Bonchev–Trinajstić information content (AvgIpc) is 2.37. The van der Waals surface area contributed by atoms with Gasteiger partial charge < -0.3 is 4.90 Å². The number of nitrogens with one attached hydrogen (secondary N) is 1. The van der Waals surface area contributed by atoms with Crippen LogP contribution in [0.5, 0.6) is 0 Å². The first-order valence-electron chi connectivity index (χ1n) is 4.54. The summed E-state index contributed by atoms with van der Waals surface area (Å²) >= 11 is 0. The molecule has 0 aromatic rings. The molecule has 0 aliphatic carbocycles. The Labute approximate surface area is 84.4 Å². The lowest BCUT2D eigenvalue weighted by Gasteiger charge is -2.12. The van der Waals surface area contributed by atoms with Crippen LogP contribution in [0.15, 0.2) is 0 Å². The average molecular weight is 224 g/mol. The number of imide groups is 1. The maximum Gasteiger partial charge on any atom is 0.389 e. The fourth-order valence-electron chi connectivity index (χ4n) is 1.29. The van der Waals surface area contributed by atoms with Gasteiger partial charge in [0.05, 0.1) is 0 Å². The van der Waals surface area contributed by atoms with Crippen molar-refractivity contribution in [3.63, 3.8) is 0 Å². The van der Waals surface area contributed by atoms with Crippen molar-refractivity contribution in [3.05, 3.63) is 0 Å². The highest BCUT2D eigenvalue weighted by molar-refractivity contribution is 6.01. The van der Waals surface area contributed by atoms with E-state index in [-0.39, 0.29) is 25.9 Å². The number of hydrogen-bond donors (Lipinski definition) is 1. The molecule has 4 nitrogen and oxygen atoms in total. The van der Waals surface area contributed by atoms with Crippen molar-refractivity contribution in [2.24, 2.45) is 0 Å². The zero-order valence-corrected chi connectivity index (χ0v) is 7.93. The first-order chi connectivity index (χ1) is 6.88. The van der Waals surface area contributed by atoms with Crippen molar-refractivity contribution in [3.8, 4) is 0 Å². The van der Waals surface area contributed by atoms with Gasteiger partial charge >= 0.3 is 12.2 Å². The monoisotopic (exact) mass is 224 g/mol. The molecule has 0 bridgehead atoms. The Hall–Kier alpha value is -1.27. The summed E-state index contributed by atoms with van der Waals surface area (Å²) in [5, 5.41) is 2.05. The Morgan fingerprint density at radius 3 is 2.40 bits per heavy atom. The van der Waals surface area contributed by atoms with E-state index >= 15 is 0 Å². The first kappa shape index (κ1) is 11.8. The van der Waals surface area contributed by atoms with Crippen LogP contribution in [0.1, 0.15) is 19.3 Å². The van der Waals surface area contributed by atoms with Gasteiger partial charge in [0, 0.05) is 13.0 Å². The Morgan fingerprint density at radius 1 is 1.27 bits per heavy atom. The van der Waals surface area contributed by atoms with E-state index in [1.165, 1.54) is 4.90 Å². The molecule has 86 valence electrons. The van der Waals surface area contributed by atoms with E-state index in [1.807, 2.05) is 5.32 Å². The first-order valence-corrected chi connectivity index (χ1v) is 4.54. The molecule has 0 aromatic heterocycles. The third-order valence-corrected chi connectivity index (χ3v) is 2.01. The van der Waals surface area contributed by atoms with Crippen molar-refractivity contribution in [2.75, 3.05) is 13.1 Å². The highest BCUT2D eigenvalue weighted by Gasteiger charge is 2.28. The lowest BCUT2D eigenvalue weighted by Crippen LogP contribution is -2.29. The summed E-state index contributed by atoms with van der Waals surface area (Å²) in [4.78, 5) is 22.9. The highest BCUT2D eigenvalue weighted by Crippen LogP contribution is 2.22. The summed E-state index contributed by atoms with van der Waals surface area (Å²) in [6.45, 7) is 0.137. The summed E-state index contributed by atoms with van der Waals surface area (Å²) in [6, 6.07) is -0.521. The van der Waals surface area contributed by atoms with Crippen LogP contribution >= 0.6 is 0 Å². The predicted octanol–water partition coefficient (Wildman–Crippen LogP) is 1.27. The van der Waals surface area contributed by atoms with E-state index < -0.39 is 24.5 Å². The summed E-state index contributed by atoms with van der Waals surface area (Å²) in [7, 11) is 0. The van der Waals surface area contributed by atoms with E-state index in [9.17, 15) is 22.8 Å². The molecule has 1 fully saturated rings. The molecular formula is C8H11F3N2O2. The molecule has 0 spiro atoms. The van der Waals surface area contributed by atoms with E-state index in [0.717, 1.165) is 0 Å². The number of carbonyl (C=O) groups excluding carboxylic acids is 2. The predicted molar refractivity (Wildman–Crippen MR) is 45.0 cm³/mol. The molecule has 0 aromatic carbocycles. The minimum absolute atomic E-state index is 0.0263. The number of carbonyl (C=O) groups is 2. The lowest BCUT2D eigenvalue weighted by molar-refractivity contribution is -0.135. The second-order valence-corrected chi connectivity index (χ2v) is 3.35. The number of amides is 3. The zero-order chi connectivity index (χ0) is 11.5. The number of alkyl halides is 3. The number of urea groups is 1. The molecule has 0 atom stereocenters. The molecule has 1 rings (SSSR count). The second-order valence-electron chi connectivity index (χ2n) is 3.35. The SMILES string of the molecule is O=C1CN(CCCCC(F)(F)F)C(=O)N1. The fourth-order valence-corrected chi connectivity index (χ4v) is 1.29. The van der Waals surface area contributed by atoms with E-state index in [1.54, 1.807) is 0 Å². The molecular weight excluding hydrogens is 213 g/mol. The van der Waals surface area contributed by atoms with Crippen molar-refractivity contribution < 1.29 is 22.8 Å². The van der Waals surface area contributed by atoms with Gasteiger partial charge in [-0.3, -0.25) is 10.1 Å². The minimum atomic E-state index is -4.15. The molecule has 1 saturated heterocycles. The van der Waals surface area contributed by atoms with Crippen LogP contribution in [0, 0.1) is 0 Å². The number of halogens is 3. The molecule has 1 N–H and O–H groups in total. The Morgan fingerprint density at radius 2 is 1.93 bits per heavy atom. The summed E-state index contributed by atoms with van der Waals surface area (Å²) in [5.41, 5.74) is 0. The smallest absolute Gasteiger partial charge is 0.315 e. The quantitative estimate of drug-likeness (QED) is 0.577. The standard InChI is InChI=1S/C8H11F3N2O2/c9-8(10,11)3-1-2-4-13-5-6(14)12-7(13)15/h1-5H2,(H,12,14,15). The van der Waals surface area contributed by atoms with Crippen molar-refractivity contribution in [1.82, 2.24) is 10.2 Å². The minimum Gasteiger partial charge on any atom is -0.315 e. The van der Waals surface area contributed by atoms with Crippen LogP contribution in [0.4, 0.5) is 18.0 Å². The van der Waals surface area contributed by atoms with Gasteiger partial charge in [-0.05, 0) is 12.8 Å². The van der Waals surface area contributed by atoms with Crippen LogP contribution in [0.3, 0.4) is 0 Å². The zero-order valence-electron chi connectivity index (χ0n) is 7.93. The molecule has 1 heterocycles. The Balaban J connectivity index is 2.16. The maximum absolute atomic E-state index is 11.7. The fraction of sp³-hybridized carbons (Fsp3) is 0.750. The number of unbranched alkanes of at least 4 members (excludes halogenated alkanes) is 1. The van der Waals surface area contributed by atoms with Crippen LogP contribution in [0.25, 0.3) is 0 Å². The van der Waals surface area contributed by atoms with Gasteiger partial charge in [-0.1, -0.05) is 0 Å². The van der Waals surface area contributed by atoms with E-state index in [2.05, 4.69) is 0 Å². The largest absolute Gasteiger partial charge is 0.389 e. The van der Waals surface area contributed by atoms with Gasteiger partial charge in [-0.15, -0.1) is 0 Å². The van der Waals surface area contributed by atoms with Gasteiger partial charge in [0.25, 0.3) is 0 Å². The van der Waals surface area contributed by atoms with Crippen molar-refractivity contribution in [2.45, 2.75) is 25.4 Å². The number of nitrogens with zero attached hydrogens (tertiary/aromatic N) is 1. The molecule has 0 saturated carbocycles. The Bertz CT molecular complexity index is 265. The van der Waals surface area contributed by atoms with Crippen molar-refractivity contribution in [1.29, 1.82) is 0 Å². The lowest BCUT2D eigenvalue weighted by atomic mass is 10.2. The normalized spacial score (nSPS) is 17.1. The Kier molecular flexibility index (Phi) is 3.54. The van der Waals surface area contributed by atoms with Crippen molar-refractivity contribution >= 4 is 11.9 Å². The van der Waals surface area contributed by atoms with Crippen LogP contribution in [0.2, 0.25) is 0 Å². The molecule has 0 radical (unpaired) electrons. The number of rotatable bonds is 4. The third kappa shape index (κ3) is 4.18. The van der Waals surface area contributed by atoms with Gasteiger partial charge in [0.2, 0.25) is 5.91 Å².